The van der Waals surface area contributed by atoms with E-state index in [2.05, 4.69) is 4.98 Å². The lowest BCUT2D eigenvalue weighted by Gasteiger charge is -2.32. The van der Waals surface area contributed by atoms with Crippen LogP contribution in [0.4, 0.5) is 0 Å². The number of aryl methyl sites for hydroxylation is 1. The fraction of sp³-hybridized carbons (Fsp3) is 0.615. The average molecular weight is 297 g/mol. The fourth-order valence-electron chi connectivity index (χ4n) is 2.31. The third-order valence-electron chi connectivity index (χ3n) is 3.49. The van der Waals surface area contributed by atoms with Crippen molar-refractivity contribution in [1.29, 1.82) is 0 Å². The van der Waals surface area contributed by atoms with E-state index in [1.807, 2.05) is 24.7 Å². The first-order valence-corrected chi connectivity index (χ1v) is 7.52. The second kappa shape index (κ2) is 6.30. The standard InChI is InChI=1S/C13H19N3O3S/c1-9(20-13-14-5-7-15(13)2)11(17)16-6-3-4-10(8-16)12(18)19/h5,7,9-10H,3-4,6,8H2,1-2H3,(H,18,19). The maximum Gasteiger partial charge on any atom is 0.308 e. The van der Waals surface area contributed by atoms with Crippen molar-refractivity contribution in [3.8, 4) is 0 Å². The summed E-state index contributed by atoms with van der Waals surface area (Å²) in [6.07, 6.45) is 4.93. The third kappa shape index (κ3) is 3.33. The predicted molar refractivity (Wildman–Crippen MR) is 75.5 cm³/mol. The van der Waals surface area contributed by atoms with Crippen molar-refractivity contribution < 1.29 is 14.7 Å². The molecule has 0 spiro atoms. The molecule has 1 N–H and O–H groups in total. The summed E-state index contributed by atoms with van der Waals surface area (Å²) in [7, 11) is 1.88. The number of carbonyl (C=O) groups excluding carboxylic acids is 1. The van der Waals surface area contributed by atoms with E-state index < -0.39 is 11.9 Å². The van der Waals surface area contributed by atoms with Gasteiger partial charge in [0.05, 0.1) is 11.2 Å². The molecule has 1 saturated heterocycles. The molecule has 20 heavy (non-hydrogen) atoms. The zero-order valence-electron chi connectivity index (χ0n) is 11.7. The summed E-state index contributed by atoms with van der Waals surface area (Å²) in [6.45, 7) is 2.81. The van der Waals surface area contributed by atoms with Crippen LogP contribution in [0.25, 0.3) is 0 Å². The number of carboxylic acid groups (broad SMARTS) is 1. The summed E-state index contributed by atoms with van der Waals surface area (Å²) < 4.78 is 1.87. The fourth-order valence-corrected chi connectivity index (χ4v) is 3.22. The molecule has 0 bridgehead atoms. The van der Waals surface area contributed by atoms with Gasteiger partial charge in [0.25, 0.3) is 0 Å². The number of hydrogen-bond donors (Lipinski definition) is 1. The number of likely N-dealkylation sites (tertiary alicyclic amines) is 1. The van der Waals surface area contributed by atoms with Crippen molar-refractivity contribution in [2.45, 2.75) is 30.2 Å². The van der Waals surface area contributed by atoms with Gasteiger partial charge < -0.3 is 14.6 Å². The van der Waals surface area contributed by atoms with Gasteiger partial charge in [-0.1, -0.05) is 11.8 Å². The summed E-state index contributed by atoms with van der Waals surface area (Å²) in [4.78, 5) is 29.3. The van der Waals surface area contributed by atoms with Crippen LogP contribution >= 0.6 is 11.8 Å². The Hall–Kier alpha value is -1.50. The second-order valence-electron chi connectivity index (χ2n) is 5.04. The monoisotopic (exact) mass is 297 g/mol. The summed E-state index contributed by atoms with van der Waals surface area (Å²) in [5, 5.41) is 9.59. The zero-order chi connectivity index (χ0) is 14.7. The molecule has 0 aromatic carbocycles. The number of carboxylic acids is 1. The van der Waals surface area contributed by atoms with E-state index in [9.17, 15) is 9.59 Å². The number of nitrogens with zero attached hydrogens (tertiary/aromatic N) is 3. The zero-order valence-corrected chi connectivity index (χ0v) is 12.5. The Morgan fingerprint density at radius 3 is 2.90 bits per heavy atom. The topological polar surface area (TPSA) is 75.4 Å². The van der Waals surface area contributed by atoms with Gasteiger partial charge in [0.1, 0.15) is 0 Å². The van der Waals surface area contributed by atoms with Crippen molar-refractivity contribution in [3.63, 3.8) is 0 Å². The Balaban J connectivity index is 1.96. The number of amides is 1. The van der Waals surface area contributed by atoms with Crippen molar-refractivity contribution in [2.75, 3.05) is 13.1 Å². The van der Waals surface area contributed by atoms with Gasteiger partial charge in [-0.15, -0.1) is 0 Å². The lowest BCUT2D eigenvalue weighted by Crippen LogP contribution is -2.45. The first-order valence-electron chi connectivity index (χ1n) is 6.64. The lowest BCUT2D eigenvalue weighted by molar-refractivity contribution is -0.145. The Labute approximate surface area is 122 Å². The highest BCUT2D eigenvalue weighted by Gasteiger charge is 2.30. The molecule has 2 rings (SSSR count). The van der Waals surface area contributed by atoms with Crippen molar-refractivity contribution in [3.05, 3.63) is 12.4 Å². The van der Waals surface area contributed by atoms with Gasteiger partial charge in [-0.05, 0) is 19.8 Å². The number of aliphatic carboxylic acids is 1. The van der Waals surface area contributed by atoms with E-state index in [0.29, 0.717) is 19.5 Å². The SMILES string of the molecule is CC(Sc1nccn1C)C(=O)N1CCCC(C(=O)O)C1. The number of carbonyl (C=O) groups is 2. The van der Waals surface area contributed by atoms with E-state index in [0.717, 1.165) is 11.6 Å². The molecule has 2 heterocycles. The van der Waals surface area contributed by atoms with Crippen LogP contribution in [0, 0.1) is 5.92 Å². The molecular formula is C13H19N3O3S. The Bertz CT molecular complexity index is 503. The first kappa shape index (κ1) is 14.9. The molecular weight excluding hydrogens is 278 g/mol. The molecule has 2 unspecified atom stereocenters. The molecule has 0 aliphatic carbocycles. The van der Waals surface area contributed by atoms with Gasteiger partial charge in [-0.2, -0.15) is 0 Å². The highest BCUT2D eigenvalue weighted by atomic mass is 32.2. The number of aromatic nitrogens is 2. The van der Waals surface area contributed by atoms with Crippen LogP contribution in [-0.2, 0) is 16.6 Å². The number of thioether (sulfide) groups is 1. The lowest BCUT2D eigenvalue weighted by atomic mass is 9.98. The van der Waals surface area contributed by atoms with Crippen LogP contribution in [0.15, 0.2) is 17.6 Å². The van der Waals surface area contributed by atoms with E-state index in [4.69, 9.17) is 5.11 Å². The molecule has 0 radical (unpaired) electrons. The normalized spacial score (nSPS) is 20.7. The third-order valence-corrected chi connectivity index (χ3v) is 4.65. The molecule has 6 nitrogen and oxygen atoms in total. The minimum Gasteiger partial charge on any atom is -0.481 e. The number of hydrogen-bond acceptors (Lipinski definition) is 4. The highest BCUT2D eigenvalue weighted by Crippen LogP contribution is 2.24. The van der Waals surface area contributed by atoms with Crippen LogP contribution in [0.3, 0.4) is 0 Å². The van der Waals surface area contributed by atoms with Gasteiger partial charge in [-0.3, -0.25) is 9.59 Å². The van der Waals surface area contributed by atoms with Crippen molar-refractivity contribution in [1.82, 2.24) is 14.5 Å². The number of rotatable bonds is 4. The van der Waals surface area contributed by atoms with E-state index in [-0.39, 0.29) is 11.2 Å². The van der Waals surface area contributed by atoms with E-state index >= 15 is 0 Å². The quantitative estimate of drug-likeness (QED) is 0.846. The number of imidazole rings is 1. The van der Waals surface area contributed by atoms with Gasteiger partial charge in [-0.25, -0.2) is 4.98 Å². The molecule has 0 saturated carbocycles. The predicted octanol–water partition coefficient (Wildman–Crippen LogP) is 1.22. The van der Waals surface area contributed by atoms with Crippen LogP contribution < -0.4 is 0 Å². The summed E-state index contributed by atoms with van der Waals surface area (Å²) in [5.74, 6) is -1.26. The Morgan fingerprint density at radius 2 is 2.30 bits per heavy atom. The van der Waals surface area contributed by atoms with Crippen LogP contribution in [-0.4, -0.2) is 49.8 Å². The molecule has 110 valence electrons. The van der Waals surface area contributed by atoms with Gasteiger partial charge in [0.15, 0.2) is 5.16 Å². The average Bonchev–Trinajstić information content (AvgIpc) is 2.83. The smallest absolute Gasteiger partial charge is 0.308 e. The summed E-state index contributed by atoms with van der Waals surface area (Å²) in [6, 6.07) is 0. The Morgan fingerprint density at radius 1 is 1.55 bits per heavy atom. The molecule has 1 aromatic rings. The van der Waals surface area contributed by atoms with Crippen molar-refractivity contribution >= 4 is 23.6 Å². The molecule has 1 amide bonds. The molecule has 1 fully saturated rings. The summed E-state index contributed by atoms with van der Waals surface area (Å²) in [5.41, 5.74) is 0. The molecule has 1 aliphatic rings. The van der Waals surface area contributed by atoms with Gasteiger partial charge in [0.2, 0.25) is 5.91 Å². The van der Waals surface area contributed by atoms with Crippen LogP contribution in [0.5, 0.6) is 0 Å². The largest absolute Gasteiger partial charge is 0.481 e. The maximum atomic E-state index is 12.4. The molecule has 2 atom stereocenters. The van der Waals surface area contributed by atoms with E-state index in [1.165, 1.54) is 11.8 Å². The first-order chi connectivity index (χ1) is 9.49. The molecule has 7 heteroatoms. The number of piperidine rings is 1. The van der Waals surface area contributed by atoms with Crippen molar-refractivity contribution in [2.24, 2.45) is 13.0 Å². The van der Waals surface area contributed by atoms with Crippen LogP contribution in [0.2, 0.25) is 0 Å². The molecule has 1 aromatic heterocycles. The van der Waals surface area contributed by atoms with Gasteiger partial charge >= 0.3 is 5.97 Å². The second-order valence-corrected chi connectivity index (χ2v) is 6.35. The minimum absolute atomic E-state index is 0.0102. The highest BCUT2D eigenvalue weighted by molar-refractivity contribution is 8.00. The minimum atomic E-state index is -0.813. The van der Waals surface area contributed by atoms with Crippen LogP contribution in [0.1, 0.15) is 19.8 Å². The Kier molecular flexibility index (Phi) is 4.69. The van der Waals surface area contributed by atoms with Gasteiger partial charge in [0, 0.05) is 32.5 Å². The van der Waals surface area contributed by atoms with E-state index in [1.54, 1.807) is 11.1 Å². The maximum absolute atomic E-state index is 12.4. The summed E-state index contributed by atoms with van der Waals surface area (Å²) >= 11 is 1.40. The molecule has 1 aliphatic heterocycles.